The number of hydrogen-bond acceptors (Lipinski definition) is 5. The first-order valence-corrected chi connectivity index (χ1v) is 10.5. The number of rotatable bonds is 5. The van der Waals surface area contributed by atoms with Gasteiger partial charge in [-0.3, -0.25) is 14.7 Å². The molecule has 6 nitrogen and oxygen atoms in total. The second-order valence-electron chi connectivity index (χ2n) is 8.27. The topological polar surface area (TPSA) is 63.7 Å². The minimum Gasteiger partial charge on any atom is -0.454 e. The van der Waals surface area contributed by atoms with Gasteiger partial charge in [-0.2, -0.15) is 0 Å². The fraction of sp³-hybridized carbons (Fsp3) is 0.455. The zero-order valence-corrected chi connectivity index (χ0v) is 17.0. The van der Waals surface area contributed by atoms with E-state index >= 15 is 0 Å². The van der Waals surface area contributed by atoms with Crippen molar-refractivity contribution < 1.29 is 14.3 Å². The molecular formula is C22H24ClN3O3. The van der Waals surface area contributed by atoms with Gasteiger partial charge in [-0.25, -0.2) is 0 Å². The van der Waals surface area contributed by atoms with E-state index in [0.717, 1.165) is 61.5 Å². The van der Waals surface area contributed by atoms with Crippen LogP contribution in [-0.2, 0) is 17.9 Å². The molecule has 1 aliphatic carbocycles. The number of pyridine rings is 1. The van der Waals surface area contributed by atoms with Gasteiger partial charge in [-0.1, -0.05) is 17.7 Å². The van der Waals surface area contributed by atoms with Crippen molar-refractivity contribution in [2.75, 3.05) is 19.9 Å². The molecule has 1 saturated carbocycles. The highest BCUT2D eigenvalue weighted by Gasteiger charge is 2.58. The van der Waals surface area contributed by atoms with Crippen molar-refractivity contribution in [2.24, 2.45) is 11.3 Å². The third-order valence-corrected chi connectivity index (χ3v) is 6.84. The highest BCUT2D eigenvalue weighted by atomic mass is 35.5. The first-order chi connectivity index (χ1) is 14.1. The third-order valence-electron chi connectivity index (χ3n) is 6.48. The summed E-state index contributed by atoms with van der Waals surface area (Å²) in [5.41, 5.74) is 2.29. The molecule has 2 aromatic rings. The number of fused-ring (bicyclic) bond motifs is 1. The Kier molecular flexibility index (Phi) is 4.84. The lowest BCUT2D eigenvalue weighted by atomic mass is 9.90. The number of hydrogen-bond donors (Lipinski definition) is 1. The van der Waals surface area contributed by atoms with Gasteiger partial charge in [-0.05, 0) is 61.0 Å². The number of amides is 1. The number of carbonyl (C=O) groups excluding carboxylic acids is 1. The van der Waals surface area contributed by atoms with Gasteiger partial charge < -0.3 is 14.8 Å². The van der Waals surface area contributed by atoms with Crippen molar-refractivity contribution in [1.82, 2.24) is 15.2 Å². The van der Waals surface area contributed by atoms with Crippen LogP contribution in [0.5, 0.6) is 11.5 Å². The minimum atomic E-state index is 0.149. The molecule has 3 aliphatic rings. The van der Waals surface area contributed by atoms with Crippen molar-refractivity contribution in [3.8, 4) is 11.5 Å². The molecule has 1 amide bonds. The number of piperidine rings is 1. The number of nitrogens with one attached hydrogen (secondary N) is 1. The molecule has 1 saturated heterocycles. The molecule has 1 atom stereocenters. The maximum atomic E-state index is 12.6. The average molecular weight is 414 g/mol. The van der Waals surface area contributed by atoms with E-state index in [0.29, 0.717) is 11.6 Å². The first-order valence-electron chi connectivity index (χ1n) is 10.1. The molecule has 1 N–H and O–H groups in total. The van der Waals surface area contributed by atoms with E-state index in [-0.39, 0.29) is 24.0 Å². The Morgan fingerprint density at radius 2 is 2.07 bits per heavy atom. The first kappa shape index (κ1) is 18.7. The van der Waals surface area contributed by atoms with Crippen LogP contribution in [0.3, 0.4) is 0 Å². The van der Waals surface area contributed by atoms with Gasteiger partial charge in [-0.15, -0.1) is 0 Å². The number of halogens is 1. The van der Waals surface area contributed by atoms with E-state index in [1.54, 1.807) is 12.4 Å². The van der Waals surface area contributed by atoms with Crippen LogP contribution in [0.4, 0.5) is 0 Å². The lowest BCUT2D eigenvalue weighted by Gasteiger charge is -2.33. The quantitative estimate of drug-likeness (QED) is 0.814. The maximum Gasteiger partial charge on any atom is 0.231 e. The Labute approximate surface area is 175 Å². The predicted molar refractivity (Wildman–Crippen MR) is 109 cm³/mol. The molecule has 1 spiro atoms. The fourth-order valence-electron chi connectivity index (χ4n) is 4.56. The van der Waals surface area contributed by atoms with Crippen LogP contribution in [0, 0.1) is 11.3 Å². The fourth-order valence-corrected chi connectivity index (χ4v) is 4.78. The van der Waals surface area contributed by atoms with Gasteiger partial charge in [0.1, 0.15) is 0 Å². The van der Waals surface area contributed by atoms with Crippen LogP contribution in [-0.4, -0.2) is 35.7 Å². The zero-order valence-electron chi connectivity index (χ0n) is 16.2. The Hall–Kier alpha value is -2.31. The monoisotopic (exact) mass is 413 g/mol. The van der Waals surface area contributed by atoms with Crippen LogP contribution in [0.2, 0.25) is 5.02 Å². The van der Waals surface area contributed by atoms with Gasteiger partial charge in [0.15, 0.2) is 11.5 Å². The summed E-state index contributed by atoms with van der Waals surface area (Å²) in [7, 11) is 0. The molecule has 1 aromatic heterocycles. The Morgan fingerprint density at radius 3 is 2.83 bits per heavy atom. The molecule has 2 fully saturated rings. The number of aromatic nitrogens is 1. The van der Waals surface area contributed by atoms with Gasteiger partial charge in [0.2, 0.25) is 12.7 Å². The van der Waals surface area contributed by atoms with E-state index in [1.807, 2.05) is 24.3 Å². The summed E-state index contributed by atoms with van der Waals surface area (Å²) >= 11 is 6.43. The SMILES string of the molecule is O=C(NCc1cccnc1)[C@H]1CC12CCN(Cc1cc3c(cc1Cl)OCO3)CC2. The van der Waals surface area contributed by atoms with Crippen LogP contribution in [0.25, 0.3) is 0 Å². The van der Waals surface area contributed by atoms with Crippen LogP contribution in [0.15, 0.2) is 36.7 Å². The van der Waals surface area contributed by atoms with Crippen LogP contribution < -0.4 is 14.8 Å². The molecule has 0 bridgehead atoms. The second kappa shape index (κ2) is 7.50. The Morgan fingerprint density at radius 1 is 1.28 bits per heavy atom. The smallest absolute Gasteiger partial charge is 0.231 e. The standard InChI is InChI=1S/C22H24ClN3O3/c23-18-9-20-19(28-14-29-20)8-16(18)13-26-6-3-22(4-7-26)10-17(22)21(27)25-12-15-2-1-5-24-11-15/h1-2,5,8-9,11,17H,3-4,6-7,10,12-14H2,(H,25,27)/t17-/m1/s1. The van der Waals surface area contributed by atoms with Crippen molar-refractivity contribution in [3.63, 3.8) is 0 Å². The van der Waals surface area contributed by atoms with Crippen molar-refractivity contribution >= 4 is 17.5 Å². The molecule has 152 valence electrons. The van der Waals surface area contributed by atoms with E-state index in [2.05, 4.69) is 15.2 Å². The molecule has 1 aromatic carbocycles. The minimum absolute atomic E-state index is 0.149. The molecule has 29 heavy (non-hydrogen) atoms. The Balaban J connectivity index is 1.13. The second-order valence-corrected chi connectivity index (χ2v) is 8.68. The van der Waals surface area contributed by atoms with Crippen LogP contribution >= 0.6 is 11.6 Å². The highest BCUT2D eigenvalue weighted by molar-refractivity contribution is 6.31. The zero-order chi connectivity index (χ0) is 19.8. The lowest BCUT2D eigenvalue weighted by molar-refractivity contribution is -0.123. The van der Waals surface area contributed by atoms with Crippen LogP contribution in [0.1, 0.15) is 30.4 Å². The summed E-state index contributed by atoms with van der Waals surface area (Å²) in [4.78, 5) is 19.1. The third kappa shape index (κ3) is 3.79. The summed E-state index contributed by atoms with van der Waals surface area (Å²) in [6, 6.07) is 7.70. The molecule has 3 heterocycles. The van der Waals surface area contributed by atoms with E-state index in [1.165, 1.54) is 0 Å². The summed E-state index contributed by atoms with van der Waals surface area (Å²) in [6.45, 7) is 3.57. The van der Waals surface area contributed by atoms with Gasteiger partial charge >= 0.3 is 0 Å². The van der Waals surface area contributed by atoms with Gasteiger partial charge in [0.05, 0.1) is 0 Å². The summed E-state index contributed by atoms with van der Waals surface area (Å²) < 4.78 is 10.9. The van der Waals surface area contributed by atoms with E-state index in [9.17, 15) is 4.79 Å². The molecule has 0 unspecified atom stereocenters. The maximum absolute atomic E-state index is 12.6. The summed E-state index contributed by atoms with van der Waals surface area (Å²) in [5, 5.41) is 3.80. The molecule has 5 rings (SSSR count). The van der Waals surface area contributed by atoms with E-state index < -0.39 is 0 Å². The normalized spacial score (nSPS) is 21.9. The molecule has 7 heteroatoms. The van der Waals surface area contributed by atoms with Crippen molar-refractivity contribution in [3.05, 3.63) is 52.8 Å². The molecule has 0 radical (unpaired) electrons. The Bertz CT molecular complexity index is 913. The summed E-state index contributed by atoms with van der Waals surface area (Å²) in [5.74, 6) is 1.82. The number of likely N-dealkylation sites (tertiary alicyclic amines) is 1. The summed E-state index contributed by atoms with van der Waals surface area (Å²) in [6.07, 6.45) is 6.65. The predicted octanol–water partition coefficient (Wildman–Crippen LogP) is 3.38. The lowest BCUT2D eigenvalue weighted by Crippen LogP contribution is -2.36. The largest absolute Gasteiger partial charge is 0.454 e. The number of nitrogens with zero attached hydrogens (tertiary/aromatic N) is 2. The average Bonchev–Trinajstić information content (AvgIpc) is 3.25. The van der Waals surface area contributed by atoms with Gasteiger partial charge in [0, 0.05) is 42.5 Å². The van der Waals surface area contributed by atoms with Crippen molar-refractivity contribution in [1.29, 1.82) is 0 Å². The van der Waals surface area contributed by atoms with Crippen molar-refractivity contribution in [2.45, 2.75) is 32.4 Å². The van der Waals surface area contributed by atoms with E-state index in [4.69, 9.17) is 21.1 Å². The molecule has 2 aliphatic heterocycles. The number of benzene rings is 1. The van der Waals surface area contributed by atoms with Gasteiger partial charge in [0.25, 0.3) is 0 Å². The number of carbonyl (C=O) groups is 1. The highest BCUT2D eigenvalue weighted by Crippen LogP contribution is 2.59. The number of ether oxygens (including phenoxy) is 2. The molecular weight excluding hydrogens is 390 g/mol.